The SMILES string of the molecule is O=C(c1cc2ccccc2[nH]1)N1C2CCC1c1cncnc1C2. The first-order valence-electron chi connectivity index (χ1n) is 8.00. The number of hydrogen-bond acceptors (Lipinski definition) is 3. The van der Waals surface area contributed by atoms with Crippen molar-refractivity contribution >= 4 is 16.8 Å². The third kappa shape index (κ3) is 1.82. The average molecular weight is 304 g/mol. The van der Waals surface area contributed by atoms with Gasteiger partial charge in [0.1, 0.15) is 12.0 Å². The molecule has 0 saturated carbocycles. The number of nitrogens with one attached hydrogen (secondary N) is 1. The second-order valence-electron chi connectivity index (χ2n) is 6.36. The number of benzene rings is 1. The van der Waals surface area contributed by atoms with Gasteiger partial charge in [-0.2, -0.15) is 0 Å². The first-order valence-corrected chi connectivity index (χ1v) is 8.00. The summed E-state index contributed by atoms with van der Waals surface area (Å²) >= 11 is 0. The van der Waals surface area contributed by atoms with Crippen LogP contribution in [0.3, 0.4) is 0 Å². The minimum absolute atomic E-state index is 0.0863. The van der Waals surface area contributed by atoms with E-state index in [1.165, 1.54) is 0 Å². The molecule has 1 amide bonds. The molecule has 1 N–H and O–H groups in total. The molecule has 1 fully saturated rings. The predicted octanol–water partition coefficient (Wildman–Crippen LogP) is 2.86. The first-order chi connectivity index (χ1) is 11.3. The molecule has 0 spiro atoms. The molecule has 23 heavy (non-hydrogen) atoms. The van der Waals surface area contributed by atoms with Crippen LogP contribution in [0.25, 0.3) is 10.9 Å². The molecule has 5 heteroatoms. The molecule has 1 saturated heterocycles. The summed E-state index contributed by atoms with van der Waals surface area (Å²) in [5.74, 6) is 0.0863. The summed E-state index contributed by atoms with van der Waals surface area (Å²) in [7, 11) is 0. The highest BCUT2D eigenvalue weighted by Gasteiger charge is 2.43. The lowest BCUT2D eigenvalue weighted by Gasteiger charge is -2.35. The number of aromatic amines is 1. The zero-order chi connectivity index (χ0) is 15.4. The molecule has 1 aromatic carbocycles. The number of carbonyl (C=O) groups excluding carboxylic acids is 1. The van der Waals surface area contributed by atoms with Gasteiger partial charge in [-0.1, -0.05) is 18.2 Å². The highest BCUT2D eigenvalue weighted by Crippen LogP contribution is 2.43. The topological polar surface area (TPSA) is 61.9 Å². The van der Waals surface area contributed by atoms with E-state index in [4.69, 9.17) is 0 Å². The normalized spacial score (nSPS) is 22.3. The minimum atomic E-state index is 0.0863. The van der Waals surface area contributed by atoms with Gasteiger partial charge in [0.25, 0.3) is 5.91 Å². The van der Waals surface area contributed by atoms with Crippen LogP contribution in [0.5, 0.6) is 0 Å². The third-order valence-corrected chi connectivity index (χ3v) is 5.11. The van der Waals surface area contributed by atoms with Crippen molar-refractivity contribution in [1.29, 1.82) is 0 Å². The number of rotatable bonds is 1. The van der Waals surface area contributed by atoms with Crippen LogP contribution >= 0.6 is 0 Å². The van der Waals surface area contributed by atoms with Crippen LogP contribution in [-0.2, 0) is 6.42 Å². The third-order valence-electron chi connectivity index (χ3n) is 5.11. The molecule has 4 heterocycles. The Hall–Kier alpha value is -2.69. The number of nitrogens with zero attached hydrogens (tertiary/aromatic N) is 3. The van der Waals surface area contributed by atoms with Gasteiger partial charge >= 0.3 is 0 Å². The van der Waals surface area contributed by atoms with Crippen LogP contribution in [0, 0.1) is 0 Å². The highest BCUT2D eigenvalue weighted by molar-refractivity contribution is 5.98. The number of aromatic nitrogens is 3. The van der Waals surface area contributed by atoms with Crippen molar-refractivity contribution in [3.63, 3.8) is 0 Å². The second kappa shape index (κ2) is 4.65. The predicted molar refractivity (Wildman–Crippen MR) is 86.0 cm³/mol. The lowest BCUT2D eigenvalue weighted by atomic mass is 9.99. The molecule has 0 radical (unpaired) electrons. The van der Waals surface area contributed by atoms with Crippen molar-refractivity contribution in [2.75, 3.05) is 0 Å². The fraction of sp³-hybridized carbons (Fsp3) is 0.278. The zero-order valence-electron chi connectivity index (χ0n) is 12.6. The number of hydrogen-bond donors (Lipinski definition) is 1. The smallest absolute Gasteiger partial charge is 0.271 e. The van der Waals surface area contributed by atoms with Crippen LogP contribution < -0.4 is 0 Å². The largest absolute Gasteiger partial charge is 0.351 e. The Bertz CT molecular complexity index is 883. The number of amides is 1. The Morgan fingerprint density at radius 2 is 2.17 bits per heavy atom. The summed E-state index contributed by atoms with van der Waals surface area (Å²) in [5.41, 5.74) is 3.89. The lowest BCUT2D eigenvalue weighted by Crippen LogP contribution is -2.42. The van der Waals surface area contributed by atoms with E-state index >= 15 is 0 Å². The van der Waals surface area contributed by atoms with Crippen molar-refractivity contribution in [2.24, 2.45) is 0 Å². The Morgan fingerprint density at radius 3 is 3.09 bits per heavy atom. The fourth-order valence-electron chi connectivity index (χ4n) is 4.06. The maximum absolute atomic E-state index is 13.1. The highest BCUT2D eigenvalue weighted by atomic mass is 16.2. The summed E-state index contributed by atoms with van der Waals surface area (Å²) in [6.07, 6.45) is 6.35. The van der Waals surface area contributed by atoms with Crippen molar-refractivity contribution in [2.45, 2.75) is 31.3 Å². The van der Waals surface area contributed by atoms with Crippen LogP contribution in [0.2, 0.25) is 0 Å². The van der Waals surface area contributed by atoms with Crippen molar-refractivity contribution in [3.8, 4) is 0 Å². The molecule has 114 valence electrons. The van der Waals surface area contributed by atoms with Gasteiger partial charge in [0.05, 0.1) is 11.7 Å². The van der Waals surface area contributed by atoms with E-state index in [1.807, 2.05) is 41.4 Å². The van der Waals surface area contributed by atoms with Gasteiger partial charge in [-0.05, 0) is 25.0 Å². The summed E-state index contributed by atoms with van der Waals surface area (Å²) in [5, 5.41) is 1.07. The van der Waals surface area contributed by atoms with Gasteiger partial charge in [0.15, 0.2) is 0 Å². The molecule has 2 aromatic heterocycles. The van der Waals surface area contributed by atoms with Gasteiger partial charge in [-0.3, -0.25) is 4.79 Å². The van der Waals surface area contributed by atoms with E-state index < -0.39 is 0 Å². The Kier molecular flexibility index (Phi) is 2.59. The number of fused-ring (bicyclic) bond motifs is 5. The van der Waals surface area contributed by atoms with E-state index in [0.717, 1.165) is 41.4 Å². The van der Waals surface area contributed by atoms with E-state index in [0.29, 0.717) is 5.69 Å². The zero-order valence-corrected chi connectivity index (χ0v) is 12.6. The number of carbonyl (C=O) groups is 1. The molecule has 5 rings (SSSR count). The molecule has 5 nitrogen and oxygen atoms in total. The Morgan fingerprint density at radius 1 is 1.26 bits per heavy atom. The molecule has 2 aliphatic heterocycles. The Labute approximate surface area is 133 Å². The van der Waals surface area contributed by atoms with Gasteiger partial charge in [-0.25, -0.2) is 9.97 Å². The molecular formula is C18H16N4O. The second-order valence-corrected chi connectivity index (χ2v) is 6.36. The standard InChI is InChI=1S/C18H16N4O/c23-18(16-7-11-3-1-2-4-14(11)21-16)22-12-5-6-17(22)13-9-19-10-20-15(13)8-12/h1-4,7,9-10,12,17,21H,5-6,8H2. The van der Waals surface area contributed by atoms with Crippen LogP contribution in [0.4, 0.5) is 0 Å². The van der Waals surface area contributed by atoms with Crippen molar-refractivity contribution < 1.29 is 4.79 Å². The molecular weight excluding hydrogens is 288 g/mol. The maximum atomic E-state index is 13.1. The fourth-order valence-corrected chi connectivity index (χ4v) is 4.06. The lowest BCUT2D eigenvalue weighted by molar-refractivity contribution is 0.0638. The van der Waals surface area contributed by atoms with E-state index in [9.17, 15) is 4.79 Å². The first kappa shape index (κ1) is 12.8. The summed E-state index contributed by atoms with van der Waals surface area (Å²) in [4.78, 5) is 27.0. The van der Waals surface area contributed by atoms with Gasteiger partial charge in [0, 0.05) is 35.1 Å². The van der Waals surface area contributed by atoms with Crippen LogP contribution in [-0.4, -0.2) is 31.8 Å². The molecule has 2 atom stereocenters. The molecule has 2 aliphatic rings. The average Bonchev–Trinajstić information content (AvgIpc) is 3.15. The summed E-state index contributed by atoms with van der Waals surface area (Å²) < 4.78 is 0. The minimum Gasteiger partial charge on any atom is -0.351 e. The van der Waals surface area contributed by atoms with E-state index in [1.54, 1.807) is 6.33 Å². The molecule has 2 unspecified atom stereocenters. The summed E-state index contributed by atoms with van der Waals surface area (Å²) in [6, 6.07) is 10.3. The molecule has 3 aromatic rings. The van der Waals surface area contributed by atoms with Crippen LogP contribution in [0.15, 0.2) is 42.9 Å². The molecule has 2 bridgehead atoms. The Balaban J connectivity index is 1.56. The number of H-pyrrole nitrogens is 1. The van der Waals surface area contributed by atoms with Gasteiger partial charge < -0.3 is 9.88 Å². The quantitative estimate of drug-likeness (QED) is 0.752. The monoisotopic (exact) mass is 304 g/mol. The maximum Gasteiger partial charge on any atom is 0.271 e. The van der Waals surface area contributed by atoms with Crippen LogP contribution in [0.1, 0.15) is 40.6 Å². The van der Waals surface area contributed by atoms with Crippen molar-refractivity contribution in [1.82, 2.24) is 19.9 Å². The van der Waals surface area contributed by atoms with E-state index in [2.05, 4.69) is 15.0 Å². The molecule has 0 aliphatic carbocycles. The summed E-state index contributed by atoms with van der Waals surface area (Å²) in [6.45, 7) is 0. The van der Waals surface area contributed by atoms with Crippen molar-refractivity contribution in [3.05, 3.63) is 59.8 Å². The number of para-hydroxylation sites is 1. The van der Waals surface area contributed by atoms with E-state index in [-0.39, 0.29) is 18.0 Å². The van der Waals surface area contributed by atoms with Gasteiger partial charge in [-0.15, -0.1) is 0 Å². The van der Waals surface area contributed by atoms with Gasteiger partial charge in [0.2, 0.25) is 0 Å².